The Morgan fingerprint density at radius 2 is 2.05 bits per heavy atom. The molecule has 0 atom stereocenters. The summed E-state index contributed by atoms with van der Waals surface area (Å²) in [5.41, 5.74) is 0.0791. The highest BCUT2D eigenvalue weighted by molar-refractivity contribution is 6.33. The smallest absolute Gasteiger partial charge is 0.289 e. The number of anilines is 1. The first kappa shape index (κ1) is 13.4. The van der Waals surface area contributed by atoms with Crippen LogP contribution in [0, 0.1) is 10.1 Å². The van der Waals surface area contributed by atoms with Crippen molar-refractivity contribution in [2.75, 3.05) is 5.32 Å². The number of amides is 1. The number of hydrogen-bond donors (Lipinski definition) is 1. The van der Waals surface area contributed by atoms with E-state index in [2.05, 4.69) is 5.32 Å². The molecule has 6 nitrogen and oxygen atoms in total. The molecule has 0 fully saturated rings. The molecule has 0 saturated heterocycles. The fourth-order valence-electron chi connectivity index (χ4n) is 1.38. The molecule has 2 rings (SSSR count). The summed E-state index contributed by atoms with van der Waals surface area (Å²) in [6.45, 7) is 0. The molecule has 19 heavy (non-hydrogen) atoms. The Bertz CT molecular complexity index is 654. The highest BCUT2D eigenvalue weighted by atomic mass is 35.5. The van der Waals surface area contributed by atoms with Crippen molar-refractivity contribution in [3.63, 3.8) is 0 Å². The normalized spacial score (nSPS) is 10.2. The van der Waals surface area contributed by atoms with Gasteiger partial charge in [0, 0.05) is 11.8 Å². The third-order valence-electron chi connectivity index (χ3n) is 2.26. The van der Waals surface area contributed by atoms with Crippen molar-refractivity contribution in [1.82, 2.24) is 0 Å². The quantitative estimate of drug-likeness (QED) is 0.691. The van der Waals surface area contributed by atoms with Crippen LogP contribution in [-0.4, -0.2) is 10.8 Å². The summed E-state index contributed by atoms with van der Waals surface area (Å²) in [7, 11) is 0. The van der Waals surface area contributed by atoms with Crippen LogP contribution in [0.2, 0.25) is 10.2 Å². The molecule has 2 aromatic rings. The van der Waals surface area contributed by atoms with E-state index in [0.29, 0.717) is 0 Å². The van der Waals surface area contributed by atoms with Crippen LogP contribution in [-0.2, 0) is 0 Å². The van der Waals surface area contributed by atoms with Crippen molar-refractivity contribution in [1.29, 1.82) is 0 Å². The number of rotatable bonds is 3. The largest absolute Gasteiger partial charge is 0.452 e. The molecule has 1 N–H and O–H groups in total. The Balaban J connectivity index is 2.25. The number of carbonyl (C=O) groups is 1. The first-order chi connectivity index (χ1) is 8.99. The van der Waals surface area contributed by atoms with E-state index in [9.17, 15) is 14.9 Å². The zero-order valence-electron chi connectivity index (χ0n) is 9.22. The van der Waals surface area contributed by atoms with Gasteiger partial charge in [-0.2, -0.15) is 0 Å². The van der Waals surface area contributed by atoms with E-state index in [1.54, 1.807) is 0 Å². The Morgan fingerprint density at radius 3 is 2.63 bits per heavy atom. The van der Waals surface area contributed by atoms with Crippen LogP contribution in [0.25, 0.3) is 0 Å². The molecular weight excluding hydrogens is 295 g/mol. The average Bonchev–Trinajstić information content (AvgIpc) is 2.77. The molecule has 1 amide bonds. The third kappa shape index (κ3) is 2.86. The fraction of sp³-hybridized carbons (Fsp3) is 0. The molecule has 0 radical (unpaired) electrons. The van der Waals surface area contributed by atoms with Gasteiger partial charge in [-0.15, -0.1) is 0 Å². The van der Waals surface area contributed by atoms with Crippen LogP contribution >= 0.6 is 23.2 Å². The van der Waals surface area contributed by atoms with Gasteiger partial charge in [0.1, 0.15) is 5.02 Å². The van der Waals surface area contributed by atoms with Gasteiger partial charge in [-0.25, -0.2) is 0 Å². The van der Waals surface area contributed by atoms with Crippen LogP contribution in [0.15, 0.2) is 34.9 Å². The van der Waals surface area contributed by atoms with Crippen molar-refractivity contribution in [2.45, 2.75) is 0 Å². The topological polar surface area (TPSA) is 85.4 Å². The zero-order chi connectivity index (χ0) is 14.0. The lowest BCUT2D eigenvalue weighted by atomic mass is 10.2. The van der Waals surface area contributed by atoms with Crippen molar-refractivity contribution in [3.05, 3.63) is 56.4 Å². The molecule has 0 spiro atoms. The van der Waals surface area contributed by atoms with Crippen LogP contribution in [0.3, 0.4) is 0 Å². The summed E-state index contributed by atoms with van der Waals surface area (Å²) >= 11 is 11.3. The van der Waals surface area contributed by atoms with E-state index in [1.165, 1.54) is 24.5 Å². The van der Waals surface area contributed by atoms with E-state index in [1.807, 2.05) is 0 Å². The number of carbonyl (C=O) groups excluding carboxylic acids is 1. The number of benzene rings is 1. The van der Waals surface area contributed by atoms with Crippen molar-refractivity contribution < 1.29 is 14.1 Å². The highest BCUT2D eigenvalue weighted by Crippen LogP contribution is 2.28. The Kier molecular flexibility index (Phi) is 3.73. The highest BCUT2D eigenvalue weighted by Gasteiger charge is 2.16. The van der Waals surface area contributed by atoms with Crippen molar-refractivity contribution in [3.8, 4) is 0 Å². The van der Waals surface area contributed by atoms with Gasteiger partial charge in [0.15, 0.2) is 0 Å². The summed E-state index contributed by atoms with van der Waals surface area (Å²) < 4.78 is 4.78. The van der Waals surface area contributed by atoms with Gasteiger partial charge in [0.25, 0.3) is 11.6 Å². The Morgan fingerprint density at radius 1 is 1.32 bits per heavy atom. The first-order valence-corrected chi connectivity index (χ1v) is 5.73. The summed E-state index contributed by atoms with van der Waals surface area (Å²) in [6.07, 6.45) is 1.27. The molecule has 0 aliphatic heterocycles. The van der Waals surface area contributed by atoms with Crippen LogP contribution < -0.4 is 5.32 Å². The van der Waals surface area contributed by atoms with Gasteiger partial charge in [-0.1, -0.05) is 11.6 Å². The number of nitrogens with zero attached hydrogens (tertiary/aromatic N) is 1. The fourth-order valence-corrected chi connectivity index (χ4v) is 1.77. The SMILES string of the molecule is O=C(Nc1ccc(Cl)c([N+](=O)[O-])c1)c1ccoc1Cl. The molecule has 0 bridgehead atoms. The number of furan rings is 1. The Labute approximate surface area is 117 Å². The maximum absolute atomic E-state index is 11.8. The van der Waals surface area contributed by atoms with Gasteiger partial charge < -0.3 is 9.73 Å². The van der Waals surface area contributed by atoms with Crippen LogP contribution in [0.1, 0.15) is 10.4 Å². The van der Waals surface area contributed by atoms with Gasteiger partial charge >= 0.3 is 0 Å². The predicted octanol–water partition coefficient (Wildman–Crippen LogP) is 3.75. The second kappa shape index (κ2) is 5.29. The van der Waals surface area contributed by atoms with E-state index in [-0.39, 0.29) is 27.2 Å². The molecule has 0 aliphatic rings. The number of nitro groups is 1. The summed E-state index contributed by atoms with van der Waals surface area (Å²) in [5, 5.41) is 13.1. The number of halogens is 2. The summed E-state index contributed by atoms with van der Waals surface area (Å²) in [4.78, 5) is 21.9. The van der Waals surface area contributed by atoms with Crippen LogP contribution in [0.5, 0.6) is 0 Å². The molecular formula is C11H6Cl2N2O4. The average molecular weight is 301 g/mol. The first-order valence-electron chi connectivity index (χ1n) is 4.97. The standard InChI is InChI=1S/C11H6Cl2N2O4/c12-8-2-1-6(5-9(8)15(17)18)14-11(16)7-3-4-19-10(7)13/h1-5H,(H,14,16). The second-order valence-corrected chi connectivity index (χ2v) is 4.24. The minimum atomic E-state index is -0.636. The van der Waals surface area contributed by atoms with Gasteiger partial charge in [0.05, 0.1) is 16.7 Å². The maximum Gasteiger partial charge on any atom is 0.289 e. The second-order valence-electron chi connectivity index (χ2n) is 3.49. The van der Waals surface area contributed by atoms with Gasteiger partial charge in [-0.3, -0.25) is 14.9 Å². The van der Waals surface area contributed by atoms with Crippen molar-refractivity contribution in [2.24, 2.45) is 0 Å². The minimum Gasteiger partial charge on any atom is -0.452 e. The number of nitrogens with one attached hydrogen (secondary N) is 1. The number of nitro benzene ring substituents is 1. The molecule has 98 valence electrons. The lowest BCUT2D eigenvalue weighted by Crippen LogP contribution is -2.11. The van der Waals surface area contributed by atoms with Crippen LogP contribution in [0.4, 0.5) is 11.4 Å². The lowest BCUT2D eigenvalue weighted by molar-refractivity contribution is -0.384. The molecule has 0 unspecified atom stereocenters. The maximum atomic E-state index is 11.8. The molecule has 0 saturated carbocycles. The van der Waals surface area contributed by atoms with Gasteiger partial charge in [-0.05, 0) is 29.8 Å². The summed E-state index contributed by atoms with van der Waals surface area (Å²) in [6, 6.07) is 5.32. The van der Waals surface area contributed by atoms with E-state index >= 15 is 0 Å². The number of hydrogen-bond acceptors (Lipinski definition) is 4. The molecule has 1 heterocycles. The van der Waals surface area contributed by atoms with Crippen molar-refractivity contribution >= 4 is 40.5 Å². The molecule has 1 aromatic heterocycles. The lowest BCUT2D eigenvalue weighted by Gasteiger charge is -2.04. The summed E-state index contributed by atoms with van der Waals surface area (Å²) in [5.74, 6) is -0.532. The van der Waals surface area contributed by atoms with E-state index in [4.69, 9.17) is 27.6 Å². The monoisotopic (exact) mass is 300 g/mol. The zero-order valence-corrected chi connectivity index (χ0v) is 10.7. The third-order valence-corrected chi connectivity index (χ3v) is 2.88. The van der Waals surface area contributed by atoms with Gasteiger partial charge in [0.2, 0.25) is 5.22 Å². The van der Waals surface area contributed by atoms with E-state index in [0.717, 1.165) is 6.07 Å². The molecule has 0 aliphatic carbocycles. The minimum absolute atomic E-state index is 0.00987. The van der Waals surface area contributed by atoms with E-state index < -0.39 is 10.8 Å². The predicted molar refractivity (Wildman–Crippen MR) is 69.8 cm³/mol. The molecule has 8 heteroatoms. The Hall–Kier alpha value is -2.05. The molecule has 1 aromatic carbocycles.